The largest absolute Gasteiger partial charge is 0.497 e. The number of anilines is 1. The molecule has 0 aliphatic rings. The summed E-state index contributed by atoms with van der Waals surface area (Å²) < 4.78 is 6.33. The minimum atomic E-state index is -1.09. The van der Waals surface area contributed by atoms with E-state index in [0.717, 1.165) is 0 Å². The molecule has 2 aromatic rings. The van der Waals surface area contributed by atoms with Gasteiger partial charge in [0.1, 0.15) is 11.6 Å². The van der Waals surface area contributed by atoms with Crippen molar-refractivity contribution >= 4 is 11.8 Å². The van der Waals surface area contributed by atoms with Gasteiger partial charge in [-0.2, -0.15) is 0 Å². The van der Waals surface area contributed by atoms with Crippen molar-refractivity contribution in [2.24, 2.45) is 0 Å². The number of aromatic carboxylic acids is 1. The highest BCUT2D eigenvalue weighted by Gasteiger charge is 2.14. The zero-order valence-electron chi connectivity index (χ0n) is 9.12. The Balaban J connectivity index is 2.55. The van der Waals surface area contributed by atoms with Crippen LogP contribution in [-0.2, 0) is 0 Å². The Hall–Kier alpha value is -2.50. The molecular weight excluding hydrogens is 222 g/mol. The fourth-order valence-electron chi connectivity index (χ4n) is 1.49. The molecule has 0 bridgehead atoms. The van der Waals surface area contributed by atoms with E-state index in [1.807, 2.05) is 0 Å². The summed E-state index contributed by atoms with van der Waals surface area (Å²) in [6.45, 7) is 0. The monoisotopic (exact) mass is 233 g/mol. The number of nitrogens with two attached hydrogens (primary N) is 1. The Morgan fingerprint density at radius 3 is 2.88 bits per heavy atom. The molecule has 0 atom stereocenters. The van der Waals surface area contributed by atoms with E-state index < -0.39 is 5.97 Å². The van der Waals surface area contributed by atoms with Crippen LogP contribution < -0.4 is 10.5 Å². The average Bonchev–Trinajstić information content (AvgIpc) is 2.72. The Bertz CT molecular complexity index is 563. The lowest BCUT2D eigenvalue weighted by Crippen LogP contribution is -2.07. The number of rotatable bonds is 3. The highest BCUT2D eigenvalue weighted by Crippen LogP contribution is 2.19. The van der Waals surface area contributed by atoms with E-state index in [1.54, 1.807) is 24.3 Å². The quantitative estimate of drug-likeness (QED) is 0.830. The maximum Gasteiger partial charge on any atom is 0.354 e. The first-order chi connectivity index (χ1) is 8.11. The maximum absolute atomic E-state index is 11.0. The minimum Gasteiger partial charge on any atom is -0.497 e. The van der Waals surface area contributed by atoms with E-state index in [0.29, 0.717) is 11.4 Å². The lowest BCUT2D eigenvalue weighted by molar-refractivity contribution is 0.0687. The fourth-order valence-corrected chi connectivity index (χ4v) is 1.49. The van der Waals surface area contributed by atoms with Crippen molar-refractivity contribution in [1.82, 2.24) is 9.78 Å². The Labute approximate surface area is 97.2 Å². The molecule has 0 aliphatic carbocycles. The second-order valence-electron chi connectivity index (χ2n) is 3.37. The topological polar surface area (TPSA) is 90.4 Å². The van der Waals surface area contributed by atoms with Gasteiger partial charge in [0.2, 0.25) is 0 Å². The van der Waals surface area contributed by atoms with Crippen molar-refractivity contribution in [3.8, 4) is 11.4 Å². The zero-order valence-corrected chi connectivity index (χ0v) is 9.12. The number of hydrogen-bond acceptors (Lipinski definition) is 4. The number of aromatic nitrogens is 2. The van der Waals surface area contributed by atoms with Gasteiger partial charge in [-0.25, -0.2) is 9.48 Å². The van der Waals surface area contributed by atoms with E-state index >= 15 is 0 Å². The van der Waals surface area contributed by atoms with Crippen LogP contribution >= 0.6 is 0 Å². The summed E-state index contributed by atoms with van der Waals surface area (Å²) in [7, 11) is 1.54. The number of nitrogens with zero attached hydrogens (tertiary/aromatic N) is 2. The second kappa shape index (κ2) is 4.17. The van der Waals surface area contributed by atoms with Crippen LogP contribution in [0.25, 0.3) is 5.69 Å². The molecule has 1 aromatic heterocycles. The molecule has 0 saturated carbocycles. The van der Waals surface area contributed by atoms with Crippen molar-refractivity contribution in [3.05, 3.63) is 36.0 Å². The summed E-state index contributed by atoms with van der Waals surface area (Å²) in [6, 6.07) is 8.22. The highest BCUT2D eigenvalue weighted by atomic mass is 16.5. The molecule has 2 rings (SSSR count). The van der Waals surface area contributed by atoms with Crippen LogP contribution in [-0.4, -0.2) is 28.0 Å². The summed E-state index contributed by atoms with van der Waals surface area (Å²) in [5, 5.41) is 13.0. The molecule has 88 valence electrons. The van der Waals surface area contributed by atoms with E-state index in [-0.39, 0.29) is 11.5 Å². The Kier molecular flexibility index (Phi) is 2.70. The molecule has 3 N–H and O–H groups in total. The molecule has 1 heterocycles. The number of methoxy groups -OCH3 is 1. The van der Waals surface area contributed by atoms with Crippen molar-refractivity contribution in [1.29, 1.82) is 0 Å². The number of benzene rings is 1. The molecule has 6 heteroatoms. The van der Waals surface area contributed by atoms with Gasteiger partial charge in [0.05, 0.1) is 12.8 Å². The van der Waals surface area contributed by atoms with Crippen LogP contribution in [0.1, 0.15) is 10.5 Å². The molecule has 17 heavy (non-hydrogen) atoms. The van der Waals surface area contributed by atoms with Gasteiger partial charge in [-0.3, -0.25) is 0 Å². The standard InChI is InChI=1S/C11H11N3O3/c1-17-8-4-2-3-7(5-8)14-9(11(15)16)6-10(12)13-14/h2-6H,1H3,(H2,12,13)(H,15,16). The summed E-state index contributed by atoms with van der Waals surface area (Å²) in [5.74, 6) is -0.310. The second-order valence-corrected chi connectivity index (χ2v) is 3.37. The molecule has 0 amide bonds. The Morgan fingerprint density at radius 2 is 2.24 bits per heavy atom. The van der Waals surface area contributed by atoms with E-state index in [4.69, 9.17) is 15.6 Å². The summed E-state index contributed by atoms with van der Waals surface area (Å²) in [6.07, 6.45) is 0. The van der Waals surface area contributed by atoms with Gasteiger partial charge < -0.3 is 15.6 Å². The average molecular weight is 233 g/mol. The summed E-state index contributed by atoms with van der Waals surface area (Å²) in [4.78, 5) is 11.0. The lowest BCUT2D eigenvalue weighted by Gasteiger charge is -2.06. The van der Waals surface area contributed by atoms with Crippen LogP contribution in [0, 0.1) is 0 Å². The van der Waals surface area contributed by atoms with Crippen molar-refractivity contribution in [2.75, 3.05) is 12.8 Å². The third kappa shape index (κ3) is 2.05. The van der Waals surface area contributed by atoms with E-state index in [9.17, 15) is 4.79 Å². The highest BCUT2D eigenvalue weighted by molar-refractivity contribution is 5.87. The third-order valence-electron chi connectivity index (χ3n) is 2.25. The zero-order chi connectivity index (χ0) is 12.4. The lowest BCUT2D eigenvalue weighted by atomic mass is 10.3. The molecule has 0 fully saturated rings. The van der Waals surface area contributed by atoms with Gasteiger partial charge >= 0.3 is 5.97 Å². The first kappa shape index (κ1) is 11.0. The molecular formula is C11H11N3O3. The number of nitrogen functional groups attached to an aromatic ring is 1. The first-order valence-corrected chi connectivity index (χ1v) is 4.85. The third-order valence-corrected chi connectivity index (χ3v) is 2.25. The predicted molar refractivity (Wildman–Crippen MR) is 61.5 cm³/mol. The minimum absolute atomic E-state index is 0.00996. The number of carboxylic acid groups (broad SMARTS) is 1. The van der Waals surface area contributed by atoms with Gasteiger partial charge in [0.15, 0.2) is 5.69 Å². The fraction of sp³-hybridized carbons (Fsp3) is 0.0909. The maximum atomic E-state index is 11.0. The van der Waals surface area contributed by atoms with E-state index in [2.05, 4.69) is 5.10 Å². The molecule has 0 radical (unpaired) electrons. The van der Waals surface area contributed by atoms with Crippen LogP contribution in [0.5, 0.6) is 5.75 Å². The predicted octanol–water partition coefficient (Wildman–Crippen LogP) is 1.16. The van der Waals surface area contributed by atoms with Gasteiger partial charge in [0, 0.05) is 12.1 Å². The first-order valence-electron chi connectivity index (χ1n) is 4.85. The molecule has 6 nitrogen and oxygen atoms in total. The van der Waals surface area contributed by atoms with Crippen molar-refractivity contribution in [3.63, 3.8) is 0 Å². The number of ether oxygens (including phenoxy) is 1. The van der Waals surface area contributed by atoms with Crippen LogP contribution in [0.3, 0.4) is 0 Å². The van der Waals surface area contributed by atoms with Crippen LogP contribution in [0.4, 0.5) is 5.82 Å². The summed E-state index contributed by atoms with van der Waals surface area (Å²) in [5.41, 5.74) is 6.09. The summed E-state index contributed by atoms with van der Waals surface area (Å²) >= 11 is 0. The van der Waals surface area contributed by atoms with Crippen LogP contribution in [0.15, 0.2) is 30.3 Å². The molecule has 0 spiro atoms. The van der Waals surface area contributed by atoms with Crippen molar-refractivity contribution in [2.45, 2.75) is 0 Å². The van der Waals surface area contributed by atoms with Gasteiger partial charge in [0.25, 0.3) is 0 Å². The number of carbonyl (C=O) groups is 1. The van der Waals surface area contributed by atoms with E-state index in [1.165, 1.54) is 17.9 Å². The van der Waals surface area contributed by atoms with Gasteiger partial charge in [-0.15, -0.1) is 5.10 Å². The van der Waals surface area contributed by atoms with Gasteiger partial charge in [-0.05, 0) is 12.1 Å². The molecule has 0 unspecified atom stereocenters. The van der Waals surface area contributed by atoms with Crippen molar-refractivity contribution < 1.29 is 14.6 Å². The SMILES string of the molecule is COc1cccc(-n2nc(N)cc2C(=O)O)c1. The molecule has 1 aromatic carbocycles. The molecule has 0 saturated heterocycles. The molecule has 0 aliphatic heterocycles. The normalized spacial score (nSPS) is 10.2. The number of hydrogen-bond donors (Lipinski definition) is 2. The van der Waals surface area contributed by atoms with Gasteiger partial charge in [-0.1, -0.05) is 6.07 Å². The number of carboxylic acids is 1. The Morgan fingerprint density at radius 1 is 1.47 bits per heavy atom. The van der Waals surface area contributed by atoms with Crippen LogP contribution in [0.2, 0.25) is 0 Å². The smallest absolute Gasteiger partial charge is 0.354 e.